The van der Waals surface area contributed by atoms with Crippen LogP contribution in [0.1, 0.15) is 18.1 Å². The number of hydrogen-bond donors (Lipinski definition) is 0. The van der Waals surface area contributed by atoms with Gasteiger partial charge in [0, 0.05) is 26.9 Å². The molecule has 0 fully saturated rings. The molecule has 0 N–H and O–H groups in total. The van der Waals surface area contributed by atoms with Crippen LogP contribution in [-0.4, -0.2) is 51.9 Å². The van der Waals surface area contributed by atoms with E-state index in [0.29, 0.717) is 4.48 Å². The predicted octanol–water partition coefficient (Wildman–Crippen LogP) is 2.89. The third kappa shape index (κ3) is 3.52. The van der Waals surface area contributed by atoms with E-state index in [0.717, 1.165) is 12.1 Å². The fraction of sp³-hybridized carbons (Fsp3) is 0.529. The van der Waals surface area contributed by atoms with Crippen molar-refractivity contribution in [2.45, 2.75) is 25.5 Å². The minimum atomic E-state index is -0.869. The van der Waals surface area contributed by atoms with Crippen LogP contribution in [0.5, 0.6) is 0 Å². The zero-order valence-electron chi connectivity index (χ0n) is 14.1. The molecule has 1 aromatic rings. The van der Waals surface area contributed by atoms with Crippen LogP contribution < -0.4 is 0 Å². The van der Waals surface area contributed by atoms with E-state index in [2.05, 4.69) is 44.9 Å². The van der Waals surface area contributed by atoms with Crippen molar-refractivity contribution in [2.75, 3.05) is 35.4 Å². The van der Waals surface area contributed by atoms with E-state index in [1.807, 2.05) is 13.0 Å². The number of nitrogens with zero attached hydrogens (tertiary/aromatic N) is 1. The molecule has 0 radical (unpaired) electrons. The van der Waals surface area contributed by atoms with Crippen LogP contribution in [-0.2, 0) is 20.8 Å². The Morgan fingerprint density at radius 1 is 1.14 bits per heavy atom. The molecule has 4 nitrogen and oxygen atoms in total. The van der Waals surface area contributed by atoms with Crippen molar-refractivity contribution in [2.24, 2.45) is 0 Å². The first-order valence-corrected chi connectivity index (χ1v) is 7.04. The minimum Gasteiger partial charge on any atom is -0.369 e. The number of hydrogen-bond acceptors (Lipinski definition) is 3. The highest BCUT2D eigenvalue weighted by atomic mass is 16.7. The zero-order chi connectivity index (χ0) is 16.1. The van der Waals surface area contributed by atoms with Crippen LogP contribution in [0.15, 0.2) is 30.8 Å². The largest absolute Gasteiger partial charge is 0.369 e. The lowest BCUT2D eigenvalue weighted by Gasteiger charge is -2.47. The number of rotatable bonds is 8. The highest BCUT2D eigenvalue weighted by molar-refractivity contribution is 5.47. The molecule has 4 heteroatoms. The third-order valence-electron chi connectivity index (χ3n) is 4.09. The summed E-state index contributed by atoms with van der Waals surface area (Å²) >= 11 is 0. The van der Waals surface area contributed by atoms with Gasteiger partial charge >= 0.3 is 5.91 Å². The summed E-state index contributed by atoms with van der Waals surface area (Å²) in [5, 5.41) is 0. The molecule has 0 aromatic heterocycles. The van der Waals surface area contributed by atoms with Gasteiger partial charge in [0.25, 0.3) is 0 Å². The van der Waals surface area contributed by atoms with Gasteiger partial charge in [-0.25, -0.2) is 0 Å². The van der Waals surface area contributed by atoms with Gasteiger partial charge in [-0.15, -0.1) is 0 Å². The highest BCUT2D eigenvalue weighted by Crippen LogP contribution is 2.31. The molecule has 1 atom stereocenters. The van der Waals surface area contributed by atoms with E-state index in [-0.39, 0.29) is 6.10 Å². The van der Waals surface area contributed by atoms with E-state index in [1.54, 1.807) is 21.3 Å². The normalized spacial score (nSPS) is 14.0. The standard InChI is InChI=1S/C17H28NO3/c1-8-15-9-11-16(12-10-15)13-18(3,4)17(20-6,21-7)14(2)19-5/h8-12,14H,1,13H2,2-7H3/q+1. The van der Waals surface area contributed by atoms with Crippen molar-refractivity contribution in [1.29, 1.82) is 0 Å². The summed E-state index contributed by atoms with van der Waals surface area (Å²) in [5.74, 6) is -0.869. The summed E-state index contributed by atoms with van der Waals surface area (Å²) in [6.07, 6.45) is 1.63. The molecule has 0 bridgehead atoms. The van der Waals surface area contributed by atoms with Crippen LogP contribution in [0, 0.1) is 0 Å². The second-order valence-corrected chi connectivity index (χ2v) is 5.71. The van der Waals surface area contributed by atoms with Gasteiger partial charge < -0.3 is 14.2 Å². The van der Waals surface area contributed by atoms with Gasteiger partial charge in [0.05, 0.1) is 14.1 Å². The summed E-state index contributed by atoms with van der Waals surface area (Å²) in [5.41, 5.74) is 2.31. The molecule has 0 aliphatic heterocycles. The lowest BCUT2D eigenvalue weighted by molar-refractivity contribution is -1.01. The Balaban J connectivity index is 3.07. The van der Waals surface area contributed by atoms with Gasteiger partial charge in [0.2, 0.25) is 0 Å². The van der Waals surface area contributed by atoms with E-state index < -0.39 is 5.91 Å². The summed E-state index contributed by atoms with van der Waals surface area (Å²) in [6.45, 7) is 6.48. The van der Waals surface area contributed by atoms with Crippen molar-refractivity contribution in [3.8, 4) is 0 Å². The third-order valence-corrected chi connectivity index (χ3v) is 4.09. The zero-order valence-corrected chi connectivity index (χ0v) is 14.1. The van der Waals surface area contributed by atoms with Crippen molar-refractivity contribution in [3.05, 3.63) is 42.0 Å². The molecule has 1 unspecified atom stereocenters. The molecule has 1 rings (SSSR count). The topological polar surface area (TPSA) is 27.7 Å². The van der Waals surface area contributed by atoms with Crippen molar-refractivity contribution in [3.63, 3.8) is 0 Å². The number of quaternary nitrogens is 1. The Kier molecular flexibility index (Phi) is 6.10. The highest BCUT2D eigenvalue weighted by Gasteiger charge is 2.52. The van der Waals surface area contributed by atoms with Gasteiger partial charge in [0.15, 0.2) is 6.10 Å². The molecule has 0 saturated carbocycles. The Morgan fingerprint density at radius 3 is 2.05 bits per heavy atom. The van der Waals surface area contributed by atoms with E-state index in [1.165, 1.54) is 5.56 Å². The molecule has 21 heavy (non-hydrogen) atoms. The van der Waals surface area contributed by atoms with Gasteiger partial charge in [-0.3, -0.25) is 4.48 Å². The average Bonchev–Trinajstić information content (AvgIpc) is 2.48. The van der Waals surface area contributed by atoms with Gasteiger partial charge in [-0.05, 0) is 12.5 Å². The Morgan fingerprint density at radius 2 is 1.67 bits per heavy atom. The van der Waals surface area contributed by atoms with Gasteiger partial charge in [-0.2, -0.15) is 0 Å². The molecule has 1 aromatic carbocycles. The molecular weight excluding hydrogens is 266 g/mol. The second kappa shape index (κ2) is 7.18. The van der Waals surface area contributed by atoms with Crippen molar-refractivity contribution in [1.82, 2.24) is 0 Å². The molecule has 0 saturated heterocycles. The van der Waals surface area contributed by atoms with Crippen molar-refractivity contribution >= 4 is 6.08 Å². The summed E-state index contributed by atoms with van der Waals surface area (Å²) in [4.78, 5) is 0. The molecule has 0 aliphatic rings. The number of likely N-dealkylation sites (N-methyl/N-ethyl adjacent to an activating group) is 1. The Bertz CT molecular complexity index is 450. The minimum absolute atomic E-state index is 0.213. The monoisotopic (exact) mass is 294 g/mol. The van der Waals surface area contributed by atoms with E-state index in [4.69, 9.17) is 14.2 Å². The fourth-order valence-electron chi connectivity index (χ4n) is 2.88. The molecule has 0 heterocycles. The molecule has 0 spiro atoms. The SMILES string of the molecule is C=Cc1ccc(C[N+](C)(C)C(OC)(OC)C(C)OC)cc1. The predicted molar refractivity (Wildman–Crippen MR) is 85.6 cm³/mol. The Labute approximate surface area is 128 Å². The first kappa shape index (κ1) is 17.9. The molecule has 0 amide bonds. The maximum atomic E-state index is 5.73. The molecule has 118 valence electrons. The second-order valence-electron chi connectivity index (χ2n) is 5.71. The summed E-state index contributed by atoms with van der Waals surface area (Å²) < 4.78 is 17.4. The molecule has 0 aliphatic carbocycles. The van der Waals surface area contributed by atoms with E-state index >= 15 is 0 Å². The van der Waals surface area contributed by atoms with E-state index in [9.17, 15) is 0 Å². The quantitative estimate of drug-likeness (QED) is 0.545. The van der Waals surface area contributed by atoms with Crippen LogP contribution in [0.3, 0.4) is 0 Å². The summed E-state index contributed by atoms with van der Waals surface area (Å²) in [6, 6.07) is 8.32. The maximum Gasteiger partial charge on any atom is 0.345 e. The first-order valence-electron chi connectivity index (χ1n) is 7.04. The van der Waals surface area contributed by atoms with Gasteiger partial charge in [0.1, 0.15) is 6.54 Å². The van der Waals surface area contributed by atoms with Gasteiger partial charge in [-0.1, -0.05) is 36.9 Å². The van der Waals surface area contributed by atoms with Crippen LogP contribution in [0.4, 0.5) is 0 Å². The lowest BCUT2D eigenvalue weighted by Crippen LogP contribution is -2.67. The smallest absolute Gasteiger partial charge is 0.345 e. The van der Waals surface area contributed by atoms with Crippen LogP contribution >= 0.6 is 0 Å². The first-order chi connectivity index (χ1) is 9.86. The lowest BCUT2D eigenvalue weighted by atomic mass is 10.1. The van der Waals surface area contributed by atoms with Crippen LogP contribution in [0.2, 0.25) is 0 Å². The maximum absolute atomic E-state index is 5.73. The molecular formula is C17H28NO3+. The van der Waals surface area contributed by atoms with Crippen LogP contribution in [0.25, 0.3) is 6.08 Å². The number of ether oxygens (including phenoxy) is 3. The number of methoxy groups -OCH3 is 3. The number of benzene rings is 1. The van der Waals surface area contributed by atoms with Crippen molar-refractivity contribution < 1.29 is 18.7 Å². The average molecular weight is 294 g/mol. The summed E-state index contributed by atoms with van der Waals surface area (Å²) in [7, 11) is 9.11. The Hall–Kier alpha value is -1.20. The fourth-order valence-corrected chi connectivity index (χ4v) is 2.88.